The molecule has 19 heavy (non-hydrogen) atoms. The lowest BCUT2D eigenvalue weighted by Crippen LogP contribution is -2.39. The molecule has 5 heteroatoms. The highest BCUT2D eigenvalue weighted by molar-refractivity contribution is 5.97. The van der Waals surface area contributed by atoms with Crippen LogP contribution in [0, 0.1) is 0 Å². The van der Waals surface area contributed by atoms with Gasteiger partial charge in [0.2, 0.25) is 0 Å². The van der Waals surface area contributed by atoms with Gasteiger partial charge in [0.05, 0.1) is 0 Å². The Morgan fingerprint density at radius 3 is 2.37 bits per heavy atom. The molecular weight excluding hydrogens is 264 g/mol. The third-order valence-corrected chi connectivity index (χ3v) is 3.45. The molecule has 1 heterocycles. The van der Waals surface area contributed by atoms with Crippen LogP contribution in [0.1, 0.15) is 40.5 Å². The van der Waals surface area contributed by atoms with Crippen LogP contribution in [0.5, 0.6) is 0 Å². The van der Waals surface area contributed by atoms with E-state index in [1.54, 1.807) is 24.3 Å². The maximum Gasteiger partial charge on any atom is 0.254 e. The summed E-state index contributed by atoms with van der Waals surface area (Å²) in [5.74, 6) is 0.0214. The molecule has 104 valence electrons. The van der Waals surface area contributed by atoms with E-state index < -0.39 is 0 Å². The average Bonchev–Trinajstić information content (AvgIpc) is 2.86. The van der Waals surface area contributed by atoms with Crippen LogP contribution in [-0.2, 0) is 0 Å². The van der Waals surface area contributed by atoms with Crippen LogP contribution in [0.2, 0.25) is 0 Å². The lowest BCUT2D eigenvalue weighted by molar-refractivity contribution is 0.0740. The van der Waals surface area contributed by atoms with E-state index in [0.29, 0.717) is 17.7 Å². The number of nitrogens with two attached hydrogens (primary N) is 1. The van der Waals surface area contributed by atoms with E-state index in [0.717, 1.165) is 19.4 Å². The standard InChI is InChI=1S/C14H18N2O2.ClH/c1-10(17)11-4-6-12(7-5-11)14(18)16-8-2-3-13(16)9-15;/h4-7,13H,2-3,8-9,15H2,1H3;1H. The zero-order valence-corrected chi connectivity index (χ0v) is 11.8. The van der Waals surface area contributed by atoms with Crippen LogP contribution in [0.3, 0.4) is 0 Å². The summed E-state index contributed by atoms with van der Waals surface area (Å²) in [4.78, 5) is 25.3. The Labute approximate surface area is 119 Å². The maximum atomic E-state index is 12.3. The quantitative estimate of drug-likeness (QED) is 0.861. The molecule has 0 spiro atoms. The van der Waals surface area contributed by atoms with E-state index in [9.17, 15) is 9.59 Å². The van der Waals surface area contributed by atoms with Crippen molar-refractivity contribution in [3.05, 3.63) is 35.4 Å². The van der Waals surface area contributed by atoms with Crippen molar-refractivity contribution in [1.29, 1.82) is 0 Å². The van der Waals surface area contributed by atoms with Gasteiger partial charge in [-0.25, -0.2) is 0 Å². The van der Waals surface area contributed by atoms with Crippen LogP contribution in [0.15, 0.2) is 24.3 Å². The van der Waals surface area contributed by atoms with Gasteiger partial charge in [0.1, 0.15) is 0 Å². The van der Waals surface area contributed by atoms with E-state index in [-0.39, 0.29) is 30.1 Å². The number of rotatable bonds is 3. The number of halogens is 1. The average molecular weight is 283 g/mol. The first kappa shape index (κ1) is 15.7. The van der Waals surface area contributed by atoms with Gasteiger partial charge in [0.15, 0.2) is 5.78 Å². The monoisotopic (exact) mass is 282 g/mol. The molecule has 1 aliphatic rings. The molecule has 2 rings (SSSR count). The summed E-state index contributed by atoms with van der Waals surface area (Å²) in [7, 11) is 0. The number of hydrogen-bond donors (Lipinski definition) is 1. The van der Waals surface area contributed by atoms with Crippen LogP contribution in [0.25, 0.3) is 0 Å². The van der Waals surface area contributed by atoms with Crippen molar-refractivity contribution in [3.8, 4) is 0 Å². The third-order valence-electron chi connectivity index (χ3n) is 3.45. The van der Waals surface area contributed by atoms with E-state index in [4.69, 9.17) is 5.73 Å². The second-order valence-electron chi connectivity index (χ2n) is 4.66. The lowest BCUT2D eigenvalue weighted by Gasteiger charge is -2.23. The van der Waals surface area contributed by atoms with Crippen LogP contribution < -0.4 is 5.73 Å². The van der Waals surface area contributed by atoms with Crippen LogP contribution >= 0.6 is 12.4 Å². The minimum Gasteiger partial charge on any atom is -0.334 e. The number of amides is 1. The molecule has 0 aromatic heterocycles. The molecule has 2 N–H and O–H groups in total. The fraction of sp³-hybridized carbons (Fsp3) is 0.429. The number of carbonyl (C=O) groups is 2. The number of hydrogen-bond acceptors (Lipinski definition) is 3. The Kier molecular flexibility index (Phi) is 5.51. The topological polar surface area (TPSA) is 63.4 Å². The Balaban J connectivity index is 0.00000180. The Hall–Kier alpha value is -1.39. The van der Waals surface area contributed by atoms with Crippen molar-refractivity contribution < 1.29 is 9.59 Å². The molecule has 0 bridgehead atoms. The van der Waals surface area contributed by atoms with Crippen molar-refractivity contribution in [2.24, 2.45) is 5.73 Å². The van der Waals surface area contributed by atoms with Gasteiger partial charge in [-0.2, -0.15) is 0 Å². The van der Waals surface area contributed by atoms with E-state index in [1.165, 1.54) is 6.92 Å². The van der Waals surface area contributed by atoms with Gasteiger partial charge in [-0.3, -0.25) is 9.59 Å². The summed E-state index contributed by atoms with van der Waals surface area (Å²) in [6, 6.07) is 6.98. The zero-order chi connectivity index (χ0) is 13.1. The molecule has 1 aliphatic heterocycles. The highest BCUT2D eigenvalue weighted by atomic mass is 35.5. The van der Waals surface area contributed by atoms with Gasteiger partial charge in [0, 0.05) is 30.3 Å². The minimum absolute atomic E-state index is 0. The summed E-state index contributed by atoms with van der Waals surface area (Å²) < 4.78 is 0. The molecule has 1 amide bonds. The number of nitrogens with zero attached hydrogens (tertiary/aromatic N) is 1. The van der Waals surface area contributed by atoms with Crippen molar-refractivity contribution >= 4 is 24.1 Å². The number of ketones is 1. The SMILES string of the molecule is CC(=O)c1ccc(C(=O)N2CCCC2CN)cc1.Cl. The van der Waals surface area contributed by atoms with E-state index in [2.05, 4.69) is 0 Å². The van der Waals surface area contributed by atoms with Crippen molar-refractivity contribution in [3.63, 3.8) is 0 Å². The third kappa shape index (κ3) is 3.33. The molecule has 1 aromatic carbocycles. The summed E-state index contributed by atoms with van der Waals surface area (Å²) in [6.45, 7) is 2.80. The Morgan fingerprint density at radius 1 is 1.26 bits per heavy atom. The van der Waals surface area contributed by atoms with Gasteiger partial charge < -0.3 is 10.6 Å². The molecule has 0 aliphatic carbocycles. The predicted octanol–water partition coefficient (Wildman–Crippen LogP) is 1.87. The van der Waals surface area contributed by atoms with Gasteiger partial charge in [-0.05, 0) is 31.9 Å². The molecule has 4 nitrogen and oxygen atoms in total. The zero-order valence-electron chi connectivity index (χ0n) is 11.0. The molecule has 1 unspecified atom stereocenters. The number of likely N-dealkylation sites (tertiary alicyclic amines) is 1. The summed E-state index contributed by atoms with van der Waals surface area (Å²) in [5.41, 5.74) is 6.92. The Bertz CT molecular complexity index is 459. The summed E-state index contributed by atoms with van der Waals surface area (Å²) in [5, 5.41) is 0. The number of Topliss-reactive ketones (excluding diaryl/α,β-unsaturated/α-hetero) is 1. The first-order chi connectivity index (χ1) is 8.63. The van der Waals surface area contributed by atoms with Gasteiger partial charge in [0.25, 0.3) is 5.91 Å². The van der Waals surface area contributed by atoms with Crippen molar-refractivity contribution in [2.45, 2.75) is 25.8 Å². The van der Waals surface area contributed by atoms with E-state index >= 15 is 0 Å². The van der Waals surface area contributed by atoms with Crippen molar-refractivity contribution in [1.82, 2.24) is 4.90 Å². The highest BCUT2D eigenvalue weighted by Crippen LogP contribution is 2.19. The summed E-state index contributed by atoms with van der Waals surface area (Å²) >= 11 is 0. The molecule has 1 aromatic rings. The smallest absolute Gasteiger partial charge is 0.254 e. The van der Waals surface area contributed by atoms with Crippen LogP contribution in [-0.4, -0.2) is 35.7 Å². The number of carbonyl (C=O) groups excluding carboxylic acids is 2. The van der Waals surface area contributed by atoms with Gasteiger partial charge in [-0.1, -0.05) is 12.1 Å². The Morgan fingerprint density at radius 2 is 1.84 bits per heavy atom. The number of benzene rings is 1. The minimum atomic E-state index is 0. The molecular formula is C14H19ClN2O2. The fourth-order valence-corrected chi connectivity index (χ4v) is 2.36. The van der Waals surface area contributed by atoms with Gasteiger partial charge >= 0.3 is 0 Å². The predicted molar refractivity (Wildman–Crippen MR) is 76.8 cm³/mol. The fourth-order valence-electron chi connectivity index (χ4n) is 2.36. The second-order valence-corrected chi connectivity index (χ2v) is 4.66. The first-order valence-electron chi connectivity index (χ1n) is 6.25. The maximum absolute atomic E-state index is 12.3. The normalized spacial score (nSPS) is 18.0. The molecule has 0 radical (unpaired) electrons. The molecule has 1 fully saturated rings. The van der Waals surface area contributed by atoms with Crippen LogP contribution in [0.4, 0.5) is 0 Å². The lowest BCUT2D eigenvalue weighted by atomic mass is 10.1. The van der Waals surface area contributed by atoms with Gasteiger partial charge in [-0.15, -0.1) is 12.4 Å². The summed E-state index contributed by atoms with van der Waals surface area (Å²) in [6.07, 6.45) is 1.99. The molecule has 0 saturated carbocycles. The largest absolute Gasteiger partial charge is 0.334 e. The first-order valence-corrected chi connectivity index (χ1v) is 6.25. The second kappa shape index (κ2) is 6.68. The van der Waals surface area contributed by atoms with Crippen molar-refractivity contribution in [2.75, 3.05) is 13.1 Å². The molecule has 1 saturated heterocycles. The molecule has 1 atom stereocenters. The van der Waals surface area contributed by atoms with E-state index in [1.807, 2.05) is 4.90 Å². The highest BCUT2D eigenvalue weighted by Gasteiger charge is 2.28.